The van der Waals surface area contributed by atoms with Crippen LogP contribution in [0.4, 0.5) is 0 Å². The Kier molecular flexibility index (Phi) is 4.61. The Morgan fingerprint density at radius 2 is 2.27 bits per heavy atom. The zero-order valence-corrected chi connectivity index (χ0v) is 10.9. The number of hydrogen-bond donors (Lipinski definition) is 0. The van der Waals surface area contributed by atoms with E-state index < -0.39 is 5.38 Å². The summed E-state index contributed by atoms with van der Waals surface area (Å²) in [6.45, 7) is 4.06. The van der Waals surface area contributed by atoms with Crippen LogP contribution in [0.2, 0.25) is 0 Å². The van der Waals surface area contributed by atoms with E-state index in [0.717, 1.165) is 4.47 Å². The van der Waals surface area contributed by atoms with Crippen LogP contribution in [0.25, 0.3) is 0 Å². The second kappa shape index (κ2) is 5.52. The summed E-state index contributed by atoms with van der Waals surface area (Å²) >= 11 is 9.08. The van der Waals surface area contributed by atoms with Crippen molar-refractivity contribution < 1.29 is 9.53 Å². The molecule has 15 heavy (non-hydrogen) atoms. The first kappa shape index (κ1) is 12.5. The molecule has 0 bridgehead atoms. The van der Waals surface area contributed by atoms with E-state index in [9.17, 15) is 4.79 Å². The van der Waals surface area contributed by atoms with Gasteiger partial charge in [0, 0.05) is 4.47 Å². The maximum Gasteiger partial charge on any atom is 0.184 e. The van der Waals surface area contributed by atoms with Crippen molar-refractivity contribution in [2.75, 3.05) is 6.61 Å². The highest BCUT2D eigenvalue weighted by Crippen LogP contribution is 2.25. The minimum Gasteiger partial charge on any atom is -0.493 e. The SMILES string of the molecule is CCOc1ccc(Br)cc1C(=O)C(C)Cl. The lowest BCUT2D eigenvalue weighted by Gasteiger charge is -2.10. The van der Waals surface area contributed by atoms with Gasteiger partial charge < -0.3 is 4.74 Å². The standard InChI is InChI=1S/C11H12BrClO2/c1-3-15-10-5-4-8(12)6-9(10)11(14)7(2)13/h4-7H,3H2,1-2H3. The number of hydrogen-bond acceptors (Lipinski definition) is 2. The molecule has 1 unspecified atom stereocenters. The number of carbonyl (C=O) groups excluding carboxylic acids is 1. The Balaban J connectivity index is 3.12. The van der Waals surface area contributed by atoms with Crippen molar-refractivity contribution in [2.24, 2.45) is 0 Å². The first-order chi connectivity index (χ1) is 7.06. The molecule has 1 rings (SSSR count). The predicted octanol–water partition coefficient (Wildman–Crippen LogP) is 3.66. The van der Waals surface area contributed by atoms with Gasteiger partial charge in [0.15, 0.2) is 5.78 Å². The zero-order valence-electron chi connectivity index (χ0n) is 8.59. The third-order valence-corrected chi connectivity index (χ3v) is 2.56. The highest BCUT2D eigenvalue weighted by Gasteiger charge is 2.17. The number of Topliss-reactive ketones (excluding diaryl/α,β-unsaturated/α-hetero) is 1. The van der Waals surface area contributed by atoms with Crippen molar-refractivity contribution in [2.45, 2.75) is 19.2 Å². The minimum atomic E-state index is -0.543. The molecule has 1 aromatic carbocycles. The van der Waals surface area contributed by atoms with Crippen LogP contribution in [-0.4, -0.2) is 17.8 Å². The number of alkyl halides is 1. The molecule has 0 heterocycles. The first-order valence-corrected chi connectivity index (χ1v) is 5.89. The quantitative estimate of drug-likeness (QED) is 0.625. The van der Waals surface area contributed by atoms with E-state index in [4.69, 9.17) is 16.3 Å². The van der Waals surface area contributed by atoms with Crippen molar-refractivity contribution in [3.05, 3.63) is 28.2 Å². The van der Waals surface area contributed by atoms with E-state index in [0.29, 0.717) is 17.9 Å². The highest BCUT2D eigenvalue weighted by molar-refractivity contribution is 9.10. The molecule has 1 aromatic rings. The normalized spacial score (nSPS) is 12.3. The van der Waals surface area contributed by atoms with E-state index in [1.165, 1.54) is 0 Å². The van der Waals surface area contributed by atoms with Gasteiger partial charge in [0.25, 0.3) is 0 Å². The molecule has 0 aliphatic heterocycles. The van der Waals surface area contributed by atoms with Crippen LogP contribution in [0, 0.1) is 0 Å². The van der Waals surface area contributed by atoms with E-state index in [1.54, 1.807) is 19.1 Å². The summed E-state index contributed by atoms with van der Waals surface area (Å²) in [5.74, 6) is 0.458. The molecule has 1 atom stereocenters. The second-order valence-corrected chi connectivity index (χ2v) is 4.62. The van der Waals surface area contributed by atoms with Gasteiger partial charge in [0.05, 0.1) is 17.5 Å². The molecule has 0 saturated carbocycles. The molecule has 0 spiro atoms. The van der Waals surface area contributed by atoms with Crippen molar-refractivity contribution in [1.29, 1.82) is 0 Å². The fourth-order valence-electron chi connectivity index (χ4n) is 1.19. The van der Waals surface area contributed by atoms with Crippen molar-refractivity contribution >= 4 is 33.3 Å². The number of ketones is 1. The van der Waals surface area contributed by atoms with E-state index in [1.807, 2.05) is 13.0 Å². The summed E-state index contributed by atoms with van der Waals surface area (Å²) in [5.41, 5.74) is 0.522. The van der Waals surface area contributed by atoms with Crippen LogP contribution in [0.1, 0.15) is 24.2 Å². The lowest BCUT2D eigenvalue weighted by molar-refractivity contribution is 0.0988. The van der Waals surface area contributed by atoms with E-state index >= 15 is 0 Å². The average molecular weight is 292 g/mol. The molecule has 0 amide bonds. The zero-order chi connectivity index (χ0) is 11.4. The van der Waals surface area contributed by atoms with E-state index in [-0.39, 0.29) is 5.78 Å². The molecule has 0 saturated heterocycles. The predicted molar refractivity (Wildman–Crippen MR) is 65.0 cm³/mol. The third kappa shape index (κ3) is 3.21. The molecule has 4 heteroatoms. The fraction of sp³-hybridized carbons (Fsp3) is 0.364. The summed E-state index contributed by atoms with van der Waals surface area (Å²) in [7, 11) is 0. The molecule has 0 aromatic heterocycles. The average Bonchev–Trinajstić information content (AvgIpc) is 2.20. The van der Waals surface area contributed by atoms with Crippen LogP contribution in [0.5, 0.6) is 5.75 Å². The maximum absolute atomic E-state index is 11.8. The molecule has 0 aliphatic carbocycles. The Hall–Kier alpha value is -0.540. The third-order valence-electron chi connectivity index (χ3n) is 1.87. The molecule has 82 valence electrons. The van der Waals surface area contributed by atoms with Gasteiger partial charge in [-0.25, -0.2) is 0 Å². The van der Waals surface area contributed by atoms with Crippen LogP contribution < -0.4 is 4.74 Å². The smallest absolute Gasteiger partial charge is 0.184 e. The Labute approximate surface area is 103 Å². The van der Waals surface area contributed by atoms with E-state index in [2.05, 4.69) is 15.9 Å². The molecule has 0 fully saturated rings. The summed E-state index contributed by atoms with van der Waals surface area (Å²) in [4.78, 5) is 11.8. The van der Waals surface area contributed by atoms with Gasteiger partial charge in [-0.05, 0) is 32.0 Å². The molecule has 0 aliphatic rings. The number of halogens is 2. The van der Waals surface area contributed by atoms with Gasteiger partial charge in [0.2, 0.25) is 0 Å². The summed E-state index contributed by atoms with van der Waals surface area (Å²) < 4.78 is 6.20. The maximum atomic E-state index is 11.8. The number of ether oxygens (including phenoxy) is 1. The Morgan fingerprint density at radius 3 is 2.80 bits per heavy atom. The number of benzene rings is 1. The van der Waals surface area contributed by atoms with Crippen molar-refractivity contribution in [3.8, 4) is 5.75 Å². The molecule has 0 radical (unpaired) electrons. The van der Waals surface area contributed by atoms with Gasteiger partial charge in [-0.2, -0.15) is 0 Å². The lowest BCUT2D eigenvalue weighted by Crippen LogP contribution is -2.12. The molecular formula is C11H12BrClO2. The summed E-state index contributed by atoms with van der Waals surface area (Å²) in [6, 6.07) is 5.33. The number of rotatable bonds is 4. The lowest BCUT2D eigenvalue weighted by atomic mass is 10.1. The topological polar surface area (TPSA) is 26.3 Å². The number of carbonyl (C=O) groups is 1. The Bertz CT molecular complexity index is 364. The Morgan fingerprint density at radius 1 is 1.60 bits per heavy atom. The van der Waals surface area contributed by atoms with Crippen molar-refractivity contribution in [1.82, 2.24) is 0 Å². The highest BCUT2D eigenvalue weighted by atomic mass is 79.9. The molecular weight excluding hydrogens is 279 g/mol. The fourth-order valence-corrected chi connectivity index (χ4v) is 1.67. The minimum absolute atomic E-state index is 0.124. The van der Waals surface area contributed by atoms with Gasteiger partial charge in [-0.15, -0.1) is 11.6 Å². The van der Waals surface area contributed by atoms with Crippen LogP contribution in [-0.2, 0) is 0 Å². The van der Waals surface area contributed by atoms with Crippen LogP contribution in [0.15, 0.2) is 22.7 Å². The monoisotopic (exact) mass is 290 g/mol. The van der Waals surface area contributed by atoms with Gasteiger partial charge in [-0.3, -0.25) is 4.79 Å². The molecule has 2 nitrogen and oxygen atoms in total. The van der Waals surface area contributed by atoms with Gasteiger partial charge >= 0.3 is 0 Å². The van der Waals surface area contributed by atoms with Gasteiger partial charge in [0.1, 0.15) is 5.75 Å². The first-order valence-electron chi connectivity index (χ1n) is 4.67. The second-order valence-electron chi connectivity index (χ2n) is 3.05. The summed E-state index contributed by atoms with van der Waals surface area (Å²) in [6.07, 6.45) is 0. The summed E-state index contributed by atoms with van der Waals surface area (Å²) in [5, 5.41) is -0.543. The van der Waals surface area contributed by atoms with Crippen molar-refractivity contribution in [3.63, 3.8) is 0 Å². The van der Waals surface area contributed by atoms with Crippen LogP contribution >= 0.6 is 27.5 Å². The van der Waals surface area contributed by atoms with Gasteiger partial charge in [-0.1, -0.05) is 15.9 Å². The molecule has 0 N–H and O–H groups in total. The largest absolute Gasteiger partial charge is 0.493 e. The van der Waals surface area contributed by atoms with Crippen LogP contribution in [0.3, 0.4) is 0 Å².